The second kappa shape index (κ2) is 9.69. The first-order valence-corrected chi connectivity index (χ1v) is 9.21. The minimum absolute atomic E-state index is 0.00794. The molecule has 152 valence electrons. The number of halogens is 6. The van der Waals surface area contributed by atoms with Crippen LogP contribution in [-0.2, 0) is 17.5 Å². The van der Waals surface area contributed by atoms with Crippen LogP contribution in [0.3, 0.4) is 0 Å². The molecular weight excluding hydrogens is 468 g/mol. The summed E-state index contributed by atoms with van der Waals surface area (Å²) in [6.07, 6.45) is -4.70. The number of anilines is 1. The van der Waals surface area contributed by atoms with Gasteiger partial charge in [0.1, 0.15) is 5.82 Å². The molecule has 2 rings (SSSR count). The molecule has 0 radical (unpaired) electrons. The van der Waals surface area contributed by atoms with E-state index in [1.807, 2.05) is 0 Å². The number of amides is 1. The number of nitrogens with one attached hydrogen (secondary N) is 1. The van der Waals surface area contributed by atoms with Gasteiger partial charge in [0, 0.05) is 28.1 Å². The van der Waals surface area contributed by atoms with Crippen LogP contribution in [0.4, 0.5) is 23.2 Å². The third-order valence-electron chi connectivity index (χ3n) is 3.75. The first-order valence-electron chi connectivity index (χ1n) is 8.04. The van der Waals surface area contributed by atoms with Crippen LogP contribution in [0.5, 0.6) is 0 Å². The van der Waals surface area contributed by atoms with Gasteiger partial charge in [0.25, 0.3) is 0 Å². The lowest BCUT2D eigenvalue weighted by atomic mass is 10.1. The minimum atomic E-state index is -4.70. The number of aliphatic hydroxyl groups excluding tert-OH is 1. The van der Waals surface area contributed by atoms with Crippen molar-refractivity contribution in [2.45, 2.75) is 12.7 Å². The summed E-state index contributed by atoms with van der Waals surface area (Å²) in [7, 11) is 0. The minimum Gasteiger partial charge on any atom is -0.395 e. The lowest BCUT2D eigenvalue weighted by Crippen LogP contribution is -2.35. The monoisotopic (exact) mass is 482 g/mol. The van der Waals surface area contributed by atoms with E-state index in [2.05, 4.69) is 21.2 Å². The van der Waals surface area contributed by atoms with Gasteiger partial charge in [-0.2, -0.15) is 13.2 Å². The molecule has 0 atom stereocenters. The SMILES string of the molecule is O=C(CN(CCO)Cc1cc(Br)ccc1F)Nc1ccc(Cl)cc1C(F)(F)F. The summed E-state index contributed by atoms with van der Waals surface area (Å²) in [6.45, 7) is -0.623. The molecule has 0 aliphatic carbocycles. The highest BCUT2D eigenvalue weighted by Crippen LogP contribution is 2.36. The highest BCUT2D eigenvalue weighted by Gasteiger charge is 2.34. The van der Waals surface area contributed by atoms with E-state index < -0.39 is 29.2 Å². The van der Waals surface area contributed by atoms with Crippen molar-refractivity contribution in [2.24, 2.45) is 0 Å². The normalized spacial score (nSPS) is 11.7. The second-order valence-electron chi connectivity index (χ2n) is 5.91. The molecule has 2 N–H and O–H groups in total. The number of aliphatic hydroxyl groups is 1. The van der Waals surface area contributed by atoms with Crippen molar-refractivity contribution >= 4 is 39.1 Å². The van der Waals surface area contributed by atoms with Crippen molar-refractivity contribution in [3.05, 3.63) is 62.8 Å². The van der Waals surface area contributed by atoms with Crippen molar-refractivity contribution in [1.82, 2.24) is 4.90 Å². The molecule has 0 fully saturated rings. The molecule has 2 aromatic carbocycles. The molecule has 0 saturated carbocycles. The Balaban J connectivity index is 2.14. The van der Waals surface area contributed by atoms with Gasteiger partial charge >= 0.3 is 6.18 Å². The maximum absolute atomic E-state index is 13.9. The average molecular weight is 484 g/mol. The fourth-order valence-corrected chi connectivity index (χ4v) is 3.09. The van der Waals surface area contributed by atoms with Crippen molar-refractivity contribution in [3.63, 3.8) is 0 Å². The molecule has 28 heavy (non-hydrogen) atoms. The zero-order chi connectivity index (χ0) is 20.9. The van der Waals surface area contributed by atoms with E-state index in [9.17, 15) is 27.5 Å². The molecule has 0 aliphatic rings. The largest absolute Gasteiger partial charge is 0.418 e. The van der Waals surface area contributed by atoms with Crippen LogP contribution in [0.1, 0.15) is 11.1 Å². The highest BCUT2D eigenvalue weighted by atomic mass is 79.9. The zero-order valence-corrected chi connectivity index (χ0v) is 16.7. The summed E-state index contributed by atoms with van der Waals surface area (Å²) in [5.74, 6) is -1.24. The Hall–Kier alpha value is -1.68. The van der Waals surface area contributed by atoms with Gasteiger partial charge in [-0.25, -0.2) is 4.39 Å². The second-order valence-corrected chi connectivity index (χ2v) is 7.26. The van der Waals surface area contributed by atoms with E-state index in [1.165, 1.54) is 29.2 Å². The van der Waals surface area contributed by atoms with Gasteiger partial charge in [-0.1, -0.05) is 27.5 Å². The quantitative estimate of drug-likeness (QED) is 0.562. The van der Waals surface area contributed by atoms with Gasteiger partial charge in [0.05, 0.1) is 24.4 Å². The molecule has 0 spiro atoms. The van der Waals surface area contributed by atoms with Crippen LogP contribution in [0.2, 0.25) is 5.02 Å². The van der Waals surface area contributed by atoms with Crippen LogP contribution >= 0.6 is 27.5 Å². The smallest absolute Gasteiger partial charge is 0.395 e. The first kappa shape index (κ1) is 22.6. The summed E-state index contributed by atoms with van der Waals surface area (Å²) >= 11 is 8.84. The molecule has 4 nitrogen and oxygen atoms in total. The van der Waals surface area contributed by atoms with Crippen molar-refractivity contribution in [3.8, 4) is 0 Å². The van der Waals surface area contributed by atoms with E-state index in [4.69, 9.17) is 11.6 Å². The Labute approximate surface area is 172 Å². The average Bonchev–Trinajstić information content (AvgIpc) is 2.59. The van der Waals surface area contributed by atoms with Gasteiger partial charge in [-0.3, -0.25) is 9.69 Å². The highest BCUT2D eigenvalue weighted by molar-refractivity contribution is 9.10. The predicted octanol–water partition coefficient (Wildman–Crippen LogP) is 4.69. The Morgan fingerprint density at radius 2 is 1.93 bits per heavy atom. The topological polar surface area (TPSA) is 52.6 Å². The van der Waals surface area contributed by atoms with Crippen molar-refractivity contribution in [2.75, 3.05) is 25.0 Å². The Kier molecular flexibility index (Phi) is 7.82. The van der Waals surface area contributed by atoms with E-state index in [-0.39, 0.29) is 36.8 Å². The van der Waals surface area contributed by atoms with E-state index in [1.54, 1.807) is 0 Å². The zero-order valence-electron chi connectivity index (χ0n) is 14.4. The number of hydrogen-bond acceptors (Lipinski definition) is 3. The van der Waals surface area contributed by atoms with Crippen LogP contribution < -0.4 is 5.32 Å². The molecule has 0 bridgehead atoms. The lowest BCUT2D eigenvalue weighted by Gasteiger charge is -2.22. The Bertz CT molecular complexity index is 849. The first-order chi connectivity index (χ1) is 13.1. The molecule has 10 heteroatoms. The van der Waals surface area contributed by atoms with Gasteiger partial charge in [-0.15, -0.1) is 0 Å². The van der Waals surface area contributed by atoms with Crippen LogP contribution in [0.15, 0.2) is 40.9 Å². The van der Waals surface area contributed by atoms with E-state index in [0.717, 1.165) is 12.1 Å². The van der Waals surface area contributed by atoms with Gasteiger partial charge in [0.2, 0.25) is 5.91 Å². The number of hydrogen-bond donors (Lipinski definition) is 2. The molecular formula is C18H16BrClF4N2O2. The van der Waals surface area contributed by atoms with E-state index in [0.29, 0.717) is 4.47 Å². The van der Waals surface area contributed by atoms with E-state index >= 15 is 0 Å². The maximum atomic E-state index is 13.9. The number of carbonyl (C=O) groups excluding carboxylic acids is 1. The number of benzene rings is 2. The van der Waals surface area contributed by atoms with Gasteiger partial charge < -0.3 is 10.4 Å². The summed E-state index contributed by atoms with van der Waals surface area (Å²) in [5.41, 5.74) is -1.22. The fraction of sp³-hybridized carbons (Fsp3) is 0.278. The predicted molar refractivity (Wildman–Crippen MR) is 102 cm³/mol. The van der Waals surface area contributed by atoms with Crippen molar-refractivity contribution in [1.29, 1.82) is 0 Å². The lowest BCUT2D eigenvalue weighted by molar-refractivity contribution is -0.137. The number of alkyl halides is 3. The number of carbonyl (C=O) groups is 1. The summed E-state index contributed by atoms with van der Waals surface area (Å²) in [5, 5.41) is 11.3. The van der Waals surface area contributed by atoms with Gasteiger partial charge in [0.15, 0.2) is 0 Å². The molecule has 2 aromatic rings. The standard InChI is InChI=1S/C18H16BrClF4N2O2/c19-12-1-3-15(21)11(7-12)9-26(5-6-27)10-17(28)25-16-4-2-13(20)8-14(16)18(22,23)24/h1-4,7-8,27H,5-6,9-10H2,(H,25,28). The molecule has 0 aromatic heterocycles. The number of nitrogens with zero attached hydrogens (tertiary/aromatic N) is 1. The summed E-state index contributed by atoms with van der Waals surface area (Å²) in [6, 6.07) is 7.31. The molecule has 0 unspecified atom stereocenters. The summed E-state index contributed by atoms with van der Waals surface area (Å²) < 4.78 is 54.0. The number of rotatable bonds is 7. The third-order valence-corrected chi connectivity index (χ3v) is 4.47. The Morgan fingerprint density at radius 1 is 1.21 bits per heavy atom. The van der Waals surface area contributed by atoms with Crippen LogP contribution in [-0.4, -0.2) is 35.6 Å². The van der Waals surface area contributed by atoms with Crippen LogP contribution in [0, 0.1) is 5.82 Å². The summed E-state index contributed by atoms with van der Waals surface area (Å²) in [4.78, 5) is 13.7. The van der Waals surface area contributed by atoms with Crippen molar-refractivity contribution < 1.29 is 27.5 Å². The maximum Gasteiger partial charge on any atom is 0.418 e. The molecule has 0 heterocycles. The fourth-order valence-electron chi connectivity index (χ4n) is 2.51. The van der Waals surface area contributed by atoms with Crippen LogP contribution in [0.25, 0.3) is 0 Å². The molecule has 0 aliphatic heterocycles. The molecule has 1 amide bonds. The Morgan fingerprint density at radius 3 is 2.57 bits per heavy atom. The van der Waals surface area contributed by atoms with Gasteiger partial charge in [-0.05, 0) is 36.4 Å². The third kappa shape index (κ3) is 6.44. The molecule has 0 saturated heterocycles.